The van der Waals surface area contributed by atoms with Crippen molar-refractivity contribution in [3.63, 3.8) is 0 Å². The maximum atomic E-state index is 15.4. The molecule has 0 saturated carbocycles. The van der Waals surface area contributed by atoms with Crippen LogP contribution in [0, 0.1) is 18.2 Å². The summed E-state index contributed by atoms with van der Waals surface area (Å²) in [7, 11) is 0. The number of fused-ring (bicyclic) bond motifs is 5. The molecular formula is C48H53FN6O14. The number of hydrogen-bond acceptors (Lipinski definition) is 16. The monoisotopic (exact) mass is 956 g/mol. The number of aliphatic hydroxyl groups is 2. The summed E-state index contributed by atoms with van der Waals surface area (Å²) in [5.41, 5.74) is 0.0150. The number of amides is 4. The summed E-state index contributed by atoms with van der Waals surface area (Å²) in [6, 6.07) is 1.19. The van der Waals surface area contributed by atoms with E-state index in [0.717, 1.165) is 0 Å². The molecule has 366 valence electrons. The Hall–Kier alpha value is -6.42. The van der Waals surface area contributed by atoms with Crippen molar-refractivity contribution in [2.45, 2.75) is 135 Å². The number of aromatic nitrogens is 2. The number of halogens is 1. The number of hydrogen-bond donors (Lipinski definition) is 4. The van der Waals surface area contributed by atoms with Crippen molar-refractivity contribution >= 4 is 52.4 Å². The molecule has 9 rings (SSSR count). The van der Waals surface area contributed by atoms with E-state index in [4.69, 9.17) is 24.0 Å². The van der Waals surface area contributed by atoms with Crippen molar-refractivity contribution in [3.8, 4) is 11.4 Å². The highest BCUT2D eigenvalue weighted by molar-refractivity contribution is 6.02. The highest BCUT2D eigenvalue weighted by atomic mass is 19.1. The van der Waals surface area contributed by atoms with E-state index in [1.54, 1.807) is 39.0 Å². The van der Waals surface area contributed by atoms with Crippen LogP contribution in [-0.4, -0.2) is 110 Å². The molecule has 2 saturated heterocycles. The van der Waals surface area contributed by atoms with Gasteiger partial charge in [0, 0.05) is 42.0 Å². The Labute approximate surface area is 394 Å². The summed E-state index contributed by atoms with van der Waals surface area (Å²) in [5.74, 6) is -5.18. The molecule has 20 nitrogen and oxygen atoms in total. The van der Waals surface area contributed by atoms with Gasteiger partial charge in [-0.05, 0) is 94.4 Å². The lowest BCUT2D eigenvalue weighted by molar-refractivity contribution is -0.206. The molecule has 2 fully saturated rings. The molecule has 0 bridgehead atoms. The van der Waals surface area contributed by atoms with Crippen molar-refractivity contribution in [1.82, 2.24) is 30.1 Å². The molecule has 0 radical (unpaired) electrons. The van der Waals surface area contributed by atoms with Gasteiger partial charge in [0.15, 0.2) is 12.2 Å². The van der Waals surface area contributed by atoms with E-state index in [1.807, 2.05) is 0 Å². The summed E-state index contributed by atoms with van der Waals surface area (Å²) < 4.78 is 33.3. The second kappa shape index (κ2) is 18.5. The number of esters is 2. The first-order valence-corrected chi connectivity index (χ1v) is 23.3. The number of hydroxylamine groups is 2. The van der Waals surface area contributed by atoms with Crippen LogP contribution in [0.4, 0.5) is 4.39 Å². The Bertz CT molecular complexity index is 2800. The predicted molar refractivity (Wildman–Crippen MR) is 236 cm³/mol. The lowest BCUT2D eigenvalue weighted by Gasteiger charge is -2.31. The maximum absolute atomic E-state index is 15.4. The second-order valence-electron chi connectivity index (χ2n) is 18.8. The standard InChI is InChI=1S/C48H53FN6O14/c1-4-48(65)29-18-34-41-27(21-54(34)42(60)28(29)22-67-45(48)63)40-31(11-10-26-24(2)30(49)19-32(52-41)39(26)40)51-35(56)23-66-43(61)33-9-7-17-53(33)38(59)20-50-46(64)68-25-8-5-6-15-47(3,16-14-25)44(62)69-55-36(57)12-13-37(55)58/h5,8,18-19,25,31,33,46,50,64-65H,4,6-7,9-17,20-23H2,1-3H3,(H,51,56)/b8-5+/t25-,31-,33-,46?,47+,48-/m0/s1. The van der Waals surface area contributed by atoms with Crippen molar-refractivity contribution in [2.24, 2.45) is 5.41 Å². The second-order valence-corrected chi connectivity index (χ2v) is 18.8. The first kappa shape index (κ1) is 47.6. The van der Waals surface area contributed by atoms with Crippen LogP contribution in [0.2, 0.25) is 0 Å². The lowest BCUT2D eigenvalue weighted by atomic mass is 9.79. The Morgan fingerprint density at radius 3 is 2.55 bits per heavy atom. The van der Waals surface area contributed by atoms with Crippen LogP contribution in [0.5, 0.6) is 0 Å². The smallest absolute Gasteiger partial charge is 0.343 e. The summed E-state index contributed by atoms with van der Waals surface area (Å²) >= 11 is 0. The number of nitrogens with one attached hydrogen (secondary N) is 2. The van der Waals surface area contributed by atoms with E-state index in [9.17, 15) is 48.6 Å². The normalized spacial score (nSPS) is 25.8. The number of benzene rings is 1. The minimum atomic E-state index is -2.05. The van der Waals surface area contributed by atoms with Gasteiger partial charge in [-0.15, -0.1) is 5.06 Å². The van der Waals surface area contributed by atoms with Crippen molar-refractivity contribution in [1.29, 1.82) is 0 Å². The van der Waals surface area contributed by atoms with E-state index in [2.05, 4.69) is 10.6 Å². The number of imide groups is 1. The number of aliphatic hydroxyl groups excluding tert-OH is 1. The van der Waals surface area contributed by atoms with Crippen LogP contribution in [0.1, 0.15) is 117 Å². The highest BCUT2D eigenvalue weighted by Crippen LogP contribution is 2.46. The van der Waals surface area contributed by atoms with E-state index in [-0.39, 0.29) is 69.3 Å². The third-order valence-electron chi connectivity index (χ3n) is 14.5. The number of allylic oxidation sites excluding steroid dienone is 1. The number of likely N-dealkylation sites (tertiary alicyclic amines) is 1. The van der Waals surface area contributed by atoms with Gasteiger partial charge in [0.2, 0.25) is 12.3 Å². The molecule has 0 spiro atoms. The van der Waals surface area contributed by atoms with Crippen LogP contribution < -0.4 is 16.2 Å². The molecule has 4 N–H and O–H groups in total. The predicted octanol–water partition coefficient (Wildman–Crippen LogP) is 2.16. The summed E-state index contributed by atoms with van der Waals surface area (Å²) in [5, 5.41) is 28.8. The van der Waals surface area contributed by atoms with Gasteiger partial charge in [0.1, 0.15) is 18.5 Å². The number of pyridine rings is 2. The van der Waals surface area contributed by atoms with Crippen LogP contribution in [0.15, 0.2) is 29.1 Å². The summed E-state index contributed by atoms with van der Waals surface area (Å²) in [6.45, 7) is 3.79. The zero-order valence-corrected chi connectivity index (χ0v) is 38.4. The number of aryl methyl sites for hydroxylation is 1. The molecule has 4 aliphatic heterocycles. The fourth-order valence-corrected chi connectivity index (χ4v) is 10.5. The molecule has 2 aliphatic carbocycles. The van der Waals surface area contributed by atoms with Gasteiger partial charge in [-0.2, -0.15) is 0 Å². The van der Waals surface area contributed by atoms with Gasteiger partial charge in [0.05, 0.1) is 53.1 Å². The Balaban J connectivity index is 0.823. The SMILES string of the molecule is CC[C@@]1(O)C(=O)OCc2c1cc1n(c2=O)Cc2c-1nc1cc(F)c(C)c3c1c2[C@@H](NC(=O)COC(=O)[C@@H]1CCCN1C(=O)CNC(O)O[C@H]1/C=C/CC[C@@](C)(C(=O)ON2C(=O)CCC2=O)CC1)CC3. The lowest BCUT2D eigenvalue weighted by Crippen LogP contribution is -2.48. The van der Waals surface area contributed by atoms with E-state index in [0.29, 0.717) is 81.7 Å². The minimum Gasteiger partial charge on any atom is -0.458 e. The van der Waals surface area contributed by atoms with Gasteiger partial charge in [0.25, 0.3) is 23.3 Å². The number of ether oxygens (including phenoxy) is 3. The topological polar surface area (TPSA) is 262 Å². The van der Waals surface area contributed by atoms with Gasteiger partial charge in [-0.1, -0.05) is 19.1 Å². The zero-order valence-electron chi connectivity index (χ0n) is 38.4. The summed E-state index contributed by atoms with van der Waals surface area (Å²) in [6.07, 6.45) is 3.94. The Kier molecular flexibility index (Phi) is 12.8. The van der Waals surface area contributed by atoms with Crippen LogP contribution in [0.3, 0.4) is 0 Å². The number of nitrogens with zero attached hydrogens (tertiary/aromatic N) is 4. The molecule has 69 heavy (non-hydrogen) atoms. The fraction of sp³-hybridized carbons (Fsp3) is 0.521. The molecular weight excluding hydrogens is 904 g/mol. The van der Waals surface area contributed by atoms with Gasteiger partial charge in [-0.3, -0.25) is 29.3 Å². The molecule has 1 unspecified atom stereocenters. The van der Waals surface area contributed by atoms with E-state index < -0.39 is 102 Å². The molecule has 6 atom stereocenters. The van der Waals surface area contributed by atoms with Crippen LogP contribution >= 0.6 is 0 Å². The molecule has 3 aromatic rings. The largest absolute Gasteiger partial charge is 0.458 e. The molecule has 2 aromatic heterocycles. The first-order chi connectivity index (χ1) is 32.9. The fourth-order valence-electron chi connectivity index (χ4n) is 10.5. The van der Waals surface area contributed by atoms with Crippen molar-refractivity contribution in [3.05, 3.63) is 73.8 Å². The van der Waals surface area contributed by atoms with Crippen LogP contribution in [0.25, 0.3) is 22.3 Å². The van der Waals surface area contributed by atoms with E-state index >= 15 is 4.39 Å². The molecule has 6 aliphatic rings. The third-order valence-corrected chi connectivity index (χ3v) is 14.5. The Morgan fingerprint density at radius 2 is 1.80 bits per heavy atom. The quantitative estimate of drug-likeness (QED) is 0.0686. The number of cyclic esters (lactones) is 1. The van der Waals surface area contributed by atoms with Gasteiger partial charge < -0.3 is 44.0 Å². The number of carbonyl (C=O) groups is 7. The Morgan fingerprint density at radius 1 is 1.03 bits per heavy atom. The highest BCUT2D eigenvalue weighted by Gasteiger charge is 2.47. The molecule has 6 heterocycles. The number of rotatable bonds is 12. The molecule has 4 amide bonds. The summed E-state index contributed by atoms with van der Waals surface area (Å²) in [4.78, 5) is 116. The molecule has 1 aromatic carbocycles. The van der Waals surface area contributed by atoms with Crippen LogP contribution in [-0.2, 0) is 77.8 Å². The van der Waals surface area contributed by atoms with E-state index in [1.165, 1.54) is 15.5 Å². The maximum Gasteiger partial charge on any atom is 0.343 e. The molecule has 21 heteroatoms. The van der Waals surface area contributed by atoms with Crippen molar-refractivity contribution < 1.29 is 67.2 Å². The minimum absolute atomic E-state index is 0.0264. The van der Waals surface area contributed by atoms with Gasteiger partial charge >= 0.3 is 17.9 Å². The van der Waals surface area contributed by atoms with Gasteiger partial charge in [-0.25, -0.2) is 23.8 Å². The van der Waals surface area contributed by atoms with Crippen molar-refractivity contribution in [2.75, 3.05) is 19.7 Å². The third kappa shape index (κ3) is 8.58. The number of carbonyl (C=O) groups excluding carboxylic acids is 7. The zero-order chi connectivity index (χ0) is 49.1. The first-order valence-electron chi connectivity index (χ1n) is 23.3. The average Bonchev–Trinajstić information content (AvgIpc) is 4.05. The average molecular weight is 957 g/mol.